The molecule has 1 atom stereocenters. The zero-order valence-electron chi connectivity index (χ0n) is 11.7. The molecule has 1 aromatic heterocycles. The van der Waals surface area contributed by atoms with Crippen molar-refractivity contribution in [3.8, 4) is 5.75 Å². The van der Waals surface area contributed by atoms with Gasteiger partial charge in [-0.15, -0.1) is 0 Å². The molecule has 2 aliphatic heterocycles. The topological polar surface area (TPSA) is 51.7 Å². The number of likely N-dealkylation sites (tertiary alicyclic amines) is 1. The van der Waals surface area contributed by atoms with Gasteiger partial charge >= 0.3 is 0 Å². The molecule has 0 spiro atoms. The largest absolute Gasteiger partial charge is 0.487 e. The van der Waals surface area contributed by atoms with Crippen LogP contribution in [0.2, 0.25) is 0 Å². The number of rotatable bonds is 3. The van der Waals surface area contributed by atoms with Gasteiger partial charge in [-0.05, 0) is 32.3 Å². The van der Waals surface area contributed by atoms with Crippen molar-refractivity contribution in [2.75, 3.05) is 19.7 Å². The summed E-state index contributed by atoms with van der Waals surface area (Å²) in [6.07, 6.45) is 4.60. The fourth-order valence-corrected chi connectivity index (χ4v) is 2.62. The van der Waals surface area contributed by atoms with Crippen LogP contribution in [0.4, 0.5) is 0 Å². The first-order valence-electron chi connectivity index (χ1n) is 7.22. The second-order valence-electron chi connectivity index (χ2n) is 5.47. The van der Waals surface area contributed by atoms with Crippen LogP contribution < -0.4 is 4.74 Å². The Balaban J connectivity index is 1.47. The summed E-state index contributed by atoms with van der Waals surface area (Å²) in [5, 5.41) is 0. The number of carbonyl (C=O) groups is 1. The average molecular weight is 276 g/mol. The van der Waals surface area contributed by atoms with E-state index in [4.69, 9.17) is 9.47 Å². The van der Waals surface area contributed by atoms with Gasteiger partial charge in [0.05, 0.1) is 13.1 Å². The van der Waals surface area contributed by atoms with Gasteiger partial charge < -0.3 is 14.4 Å². The minimum Gasteiger partial charge on any atom is -0.487 e. The van der Waals surface area contributed by atoms with Crippen LogP contribution in [0.15, 0.2) is 18.3 Å². The molecule has 0 radical (unpaired) electrons. The van der Waals surface area contributed by atoms with Gasteiger partial charge in [-0.1, -0.05) is 0 Å². The number of hydrogen-bond acceptors (Lipinski definition) is 4. The predicted octanol–water partition coefficient (Wildman–Crippen LogP) is 1.55. The lowest BCUT2D eigenvalue weighted by Crippen LogP contribution is -2.59. The first kappa shape index (κ1) is 13.4. The van der Waals surface area contributed by atoms with Crippen molar-refractivity contribution in [2.24, 2.45) is 0 Å². The maximum atomic E-state index is 12.2. The van der Waals surface area contributed by atoms with Crippen LogP contribution in [-0.2, 0) is 9.53 Å². The number of aromatic nitrogens is 1. The highest BCUT2D eigenvalue weighted by molar-refractivity contribution is 5.81. The third kappa shape index (κ3) is 2.93. The molecule has 0 bridgehead atoms. The molecule has 1 aromatic rings. The van der Waals surface area contributed by atoms with E-state index in [9.17, 15) is 4.79 Å². The molecule has 2 aliphatic rings. The second kappa shape index (κ2) is 5.79. The maximum absolute atomic E-state index is 12.2. The number of pyridine rings is 1. The molecule has 0 saturated carbocycles. The van der Waals surface area contributed by atoms with E-state index in [0.29, 0.717) is 19.7 Å². The molecule has 5 nitrogen and oxygen atoms in total. The van der Waals surface area contributed by atoms with Gasteiger partial charge in [0.2, 0.25) is 0 Å². The van der Waals surface area contributed by atoms with E-state index in [1.807, 2.05) is 24.0 Å². The van der Waals surface area contributed by atoms with Gasteiger partial charge in [0.1, 0.15) is 18.0 Å². The standard InChI is InChI=1S/C15H20N2O3/c1-11-8-12(5-6-16-11)20-13-9-17(10-13)15(18)14-4-2-3-7-19-14/h5-6,8,13-14H,2-4,7,9-10H2,1H3. The fraction of sp³-hybridized carbons (Fsp3) is 0.600. The Morgan fingerprint density at radius 3 is 3.00 bits per heavy atom. The highest BCUT2D eigenvalue weighted by atomic mass is 16.5. The zero-order valence-corrected chi connectivity index (χ0v) is 11.7. The van der Waals surface area contributed by atoms with E-state index >= 15 is 0 Å². The monoisotopic (exact) mass is 276 g/mol. The van der Waals surface area contributed by atoms with Gasteiger partial charge in [0.15, 0.2) is 0 Å². The van der Waals surface area contributed by atoms with Crippen molar-refractivity contribution >= 4 is 5.91 Å². The minimum atomic E-state index is -0.229. The molecule has 20 heavy (non-hydrogen) atoms. The van der Waals surface area contributed by atoms with Gasteiger partial charge in [-0.3, -0.25) is 9.78 Å². The molecule has 1 amide bonds. The van der Waals surface area contributed by atoms with Crippen LogP contribution in [-0.4, -0.2) is 47.7 Å². The Bertz CT molecular complexity index is 480. The third-order valence-electron chi connectivity index (χ3n) is 3.79. The predicted molar refractivity (Wildman–Crippen MR) is 73.6 cm³/mol. The Hall–Kier alpha value is -1.62. The molecule has 3 rings (SSSR count). The summed E-state index contributed by atoms with van der Waals surface area (Å²) in [4.78, 5) is 18.1. The summed E-state index contributed by atoms with van der Waals surface area (Å²) < 4.78 is 11.3. The van der Waals surface area contributed by atoms with Crippen molar-refractivity contribution in [2.45, 2.75) is 38.4 Å². The summed E-state index contributed by atoms with van der Waals surface area (Å²) >= 11 is 0. The van der Waals surface area contributed by atoms with Crippen LogP contribution in [0, 0.1) is 6.92 Å². The Morgan fingerprint density at radius 2 is 2.30 bits per heavy atom. The molecule has 2 saturated heterocycles. The van der Waals surface area contributed by atoms with Crippen molar-refractivity contribution < 1.29 is 14.3 Å². The summed E-state index contributed by atoms with van der Waals surface area (Å²) in [6, 6.07) is 3.76. The van der Waals surface area contributed by atoms with Crippen molar-refractivity contribution in [3.05, 3.63) is 24.0 Å². The van der Waals surface area contributed by atoms with Gasteiger partial charge in [0.25, 0.3) is 5.91 Å². The molecule has 0 aromatic carbocycles. The summed E-state index contributed by atoms with van der Waals surface area (Å²) in [5.74, 6) is 0.943. The van der Waals surface area contributed by atoms with Gasteiger partial charge in [0, 0.05) is 24.6 Å². The first-order valence-corrected chi connectivity index (χ1v) is 7.22. The fourth-order valence-electron chi connectivity index (χ4n) is 2.62. The molecule has 3 heterocycles. The second-order valence-corrected chi connectivity index (χ2v) is 5.47. The lowest BCUT2D eigenvalue weighted by molar-refractivity contribution is -0.155. The van der Waals surface area contributed by atoms with E-state index in [1.54, 1.807) is 6.20 Å². The molecule has 2 fully saturated rings. The van der Waals surface area contributed by atoms with Crippen LogP contribution in [0.3, 0.4) is 0 Å². The number of ether oxygens (including phenoxy) is 2. The third-order valence-corrected chi connectivity index (χ3v) is 3.79. The van der Waals surface area contributed by atoms with E-state index in [1.165, 1.54) is 0 Å². The van der Waals surface area contributed by atoms with E-state index < -0.39 is 0 Å². The molecule has 0 N–H and O–H groups in total. The molecular formula is C15H20N2O3. The smallest absolute Gasteiger partial charge is 0.251 e. The van der Waals surface area contributed by atoms with Gasteiger partial charge in [-0.25, -0.2) is 0 Å². The molecule has 0 aliphatic carbocycles. The number of hydrogen-bond donors (Lipinski definition) is 0. The number of carbonyl (C=O) groups excluding carboxylic acids is 1. The summed E-state index contributed by atoms with van der Waals surface area (Å²) in [5.41, 5.74) is 0.936. The first-order chi connectivity index (χ1) is 9.72. The van der Waals surface area contributed by atoms with E-state index in [0.717, 1.165) is 30.7 Å². The number of nitrogens with zero attached hydrogens (tertiary/aromatic N) is 2. The lowest BCUT2D eigenvalue weighted by atomic mass is 10.1. The highest BCUT2D eigenvalue weighted by Gasteiger charge is 2.36. The Kier molecular flexibility index (Phi) is 3.87. The molecular weight excluding hydrogens is 256 g/mol. The van der Waals surface area contributed by atoms with Crippen molar-refractivity contribution in [1.29, 1.82) is 0 Å². The van der Waals surface area contributed by atoms with Crippen LogP contribution in [0.25, 0.3) is 0 Å². The van der Waals surface area contributed by atoms with E-state index in [-0.39, 0.29) is 18.1 Å². The minimum absolute atomic E-state index is 0.0874. The Labute approximate surface area is 118 Å². The molecule has 5 heteroatoms. The maximum Gasteiger partial charge on any atom is 0.251 e. The quantitative estimate of drug-likeness (QED) is 0.840. The molecule has 1 unspecified atom stereocenters. The average Bonchev–Trinajstić information content (AvgIpc) is 2.43. The van der Waals surface area contributed by atoms with Crippen molar-refractivity contribution in [3.63, 3.8) is 0 Å². The van der Waals surface area contributed by atoms with Gasteiger partial charge in [-0.2, -0.15) is 0 Å². The SMILES string of the molecule is Cc1cc(OC2CN(C(=O)C3CCCCO3)C2)ccn1. The summed E-state index contributed by atoms with van der Waals surface area (Å²) in [6.45, 7) is 3.95. The van der Waals surface area contributed by atoms with Crippen molar-refractivity contribution in [1.82, 2.24) is 9.88 Å². The lowest BCUT2D eigenvalue weighted by Gasteiger charge is -2.41. The van der Waals surface area contributed by atoms with Crippen LogP contribution in [0.1, 0.15) is 25.0 Å². The number of amides is 1. The van der Waals surface area contributed by atoms with Crippen LogP contribution >= 0.6 is 0 Å². The van der Waals surface area contributed by atoms with Crippen LogP contribution in [0.5, 0.6) is 5.75 Å². The molecule has 108 valence electrons. The van der Waals surface area contributed by atoms with E-state index in [2.05, 4.69) is 4.98 Å². The summed E-state index contributed by atoms with van der Waals surface area (Å²) in [7, 11) is 0. The normalized spacial score (nSPS) is 23.2. The Morgan fingerprint density at radius 1 is 1.45 bits per heavy atom. The highest BCUT2D eigenvalue weighted by Crippen LogP contribution is 2.22. The zero-order chi connectivity index (χ0) is 13.9. The number of aryl methyl sites for hydroxylation is 1.